The summed E-state index contributed by atoms with van der Waals surface area (Å²) in [5.41, 5.74) is -0.823. The van der Waals surface area contributed by atoms with E-state index in [2.05, 4.69) is 31.3 Å². The third-order valence-electron chi connectivity index (χ3n) is 4.47. The summed E-state index contributed by atoms with van der Waals surface area (Å²) >= 11 is 3.28. The minimum atomic E-state index is -1.17. The first-order valence-electron chi connectivity index (χ1n) is 10.4. The van der Waals surface area contributed by atoms with Gasteiger partial charge in [-0.1, -0.05) is 28.1 Å². The van der Waals surface area contributed by atoms with Crippen LogP contribution in [-0.2, 0) is 19.1 Å². The number of carbonyl (C=O) groups is 4. The lowest BCUT2D eigenvalue weighted by molar-refractivity contribution is -0.140. The molecular weight excluding hydrogens is 511 g/mol. The number of hydrogen-bond donors (Lipinski definition) is 2. The molecule has 0 aliphatic carbocycles. The van der Waals surface area contributed by atoms with E-state index < -0.39 is 41.2 Å². The third kappa shape index (κ3) is 7.95. The van der Waals surface area contributed by atoms with Gasteiger partial charge in [0.1, 0.15) is 17.5 Å². The maximum absolute atomic E-state index is 14.2. The Balaban J connectivity index is 2.31. The number of ketones is 1. The summed E-state index contributed by atoms with van der Waals surface area (Å²) in [5, 5.41) is 5.03. The van der Waals surface area contributed by atoms with Gasteiger partial charge in [-0.2, -0.15) is 0 Å². The second-order valence-electron chi connectivity index (χ2n) is 8.30. The molecule has 2 rings (SSSR count). The van der Waals surface area contributed by atoms with E-state index in [1.165, 1.54) is 37.4 Å². The molecule has 0 radical (unpaired) electrons. The fraction of sp³-hybridized carbons (Fsp3) is 0.333. The summed E-state index contributed by atoms with van der Waals surface area (Å²) in [6.07, 6.45) is -1.08. The molecule has 0 bridgehead atoms. The summed E-state index contributed by atoms with van der Waals surface area (Å²) < 4.78 is 24.6. The summed E-state index contributed by atoms with van der Waals surface area (Å²) in [4.78, 5) is 49.9. The third-order valence-corrected chi connectivity index (χ3v) is 4.97. The molecule has 1 atom stereocenters. The number of anilines is 1. The van der Waals surface area contributed by atoms with Crippen molar-refractivity contribution < 1.29 is 33.0 Å². The maximum atomic E-state index is 14.2. The van der Waals surface area contributed by atoms with Gasteiger partial charge >= 0.3 is 12.1 Å². The molecule has 0 saturated heterocycles. The number of rotatable bonds is 8. The zero-order valence-corrected chi connectivity index (χ0v) is 20.8. The summed E-state index contributed by atoms with van der Waals surface area (Å²) in [6.45, 7) is 5.00. The van der Waals surface area contributed by atoms with Gasteiger partial charge in [-0.15, -0.1) is 0 Å². The van der Waals surface area contributed by atoms with Crippen molar-refractivity contribution in [3.8, 4) is 0 Å². The van der Waals surface area contributed by atoms with Gasteiger partial charge in [0.05, 0.1) is 18.4 Å². The molecule has 182 valence electrons. The first-order chi connectivity index (χ1) is 15.9. The van der Waals surface area contributed by atoms with E-state index in [1.807, 2.05) is 0 Å². The van der Waals surface area contributed by atoms with Crippen LogP contribution in [0.5, 0.6) is 0 Å². The number of esters is 1. The topological polar surface area (TPSA) is 111 Å². The van der Waals surface area contributed by atoms with E-state index in [-0.39, 0.29) is 29.7 Å². The average molecular weight is 537 g/mol. The molecule has 0 saturated carbocycles. The highest BCUT2D eigenvalue weighted by molar-refractivity contribution is 9.10. The van der Waals surface area contributed by atoms with Crippen LogP contribution in [0.15, 0.2) is 46.9 Å². The molecule has 2 amide bonds. The Morgan fingerprint density at radius 1 is 1.06 bits per heavy atom. The molecule has 0 unspecified atom stereocenters. The number of nitrogens with one attached hydrogen (secondary N) is 2. The highest BCUT2D eigenvalue weighted by atomic mass is 79.9. The van der Waals surface area contributed by atoms with Crippen LogP contribution in [0.2, 0.25) is 0 Å². The minimum absolute atomic E-state index is 0.0387. The number of benzene rings is 2. The van der Waals surface area contributed by atoms with Gasteiger partial charge < -0.3 is 20.1 Å². The van der Waals surface area contributed by atoms with Gasteiger partial charge in [0, 0.05) is 16.5 Å². The molecule has 10 heteroatoms. The Kier molecular flexibility index (Phi) is 9.31. The van der Waals surface area contributed by atoms with Crippen LogP contribution in [0.1, 0.15) is 49.5 Å². The molecule has 8 nitrogen and oxygen atoms in total. The highest BCUT2D eigenvalue weighted by Gasteiger charge is 2.27. The van der Waals surface area contributed by atoms with Gasteiger partial charge in [0.2, 0.25) is 5.91 Å². The lowest BCUT2D eigenvalue weighted by Crippen LogP contribution is -2.46. The van der Waals surface area contributed by atoms with Crippen LogP contribution in [-0.4, -0.2) is 42.5 Å². The zero-order valence-electron chi connectivity index (χ0n) is 19.2. The number of amides is 2. The molecule has 2 aromatic carbocycles. The van der Waals surface area contributed by atoms with Crippen molar-refractivity contribution in [2.45, 2.75) is 45.3 Å². The van der Waals surface area contributed by atoms with E-state index >= 15 is 0 Å². The molecule has 2 aromatic rings. The molecule has 0 aliphatic heterocycles. The van der Waals surface area contributed by atoms with E-state index in [4.69, 9.17) is 4.74 Å². The average Bonchev–Trinajstić information content (AvgIpc) is 2.76. The largest absolute Gasteiger partial charge is 0.469 e. The van der Waals surface area contributed by atoms with Crippen molar-refractivity contribution in [3.63, 3.8) is 0 Å². The second kappa shape index (κ2) is 11.7. The Morgan fingerprint density at radius 2 is 1.74 bits per heavy atom. The first kappa shape index (κ1) is 27.0. The molecule has 0 heterocycles. The molecule has 2 N–H and O–H groups in total. The number of methoxy groups -OCH3 is 1. The van der Waals surface area contributed by atoms with Crippen molar-refractivity contribution in [2.75, 3.05) is 12.4 Å². The van der Waals surface area contributed by atoms with Crippen LogP contribution >= 0.6 is 15.9 Å². The van der Waals surface area contributed by atoms with Crippen LogP contribution in [0, 0.1) is 5.82 Å². The molecule has 0 spiro atoms. The lowest BCUT2D eigenvalue weighted by atomic mass is 10.0. The molecule has 34 heavy (non-hydrogen) atoms. The van der Waals surface area contributed by atoms with Crippen LogP contribution in [0.4, 0.5) is 14.9 Å². The molecule has 0 aliphatic rings. The quantitative estimate of drug-likeness (QED) is 0.376. The first-order valence-corrected chi connectivity index (χ1v) is 11.2. The van der Waals surface area contributed by atoms with Crippen LogP contribution in [0.3, 0.4) is 0 Å². The summed E-state index contributed by atoms with van der Waals surface area (Å²) in [7, 11) is 1.21. The number of carbonyl (C=O) groups excluding carboxylic acids is 4. The Morgan fingerprint density at radius 3 is 2.35 bits per heavy atom. The monoisotopic (exact) mass is 536 g/mol. The lowest BCUT2D eigenvalue weighted by Gasteiger charge is -2.23. The van der Waals surface area contributed by atoms with E-state index in [0.29, 0.717) is 4.47 Å². The molecule has 0 fully saturated rings. The fourth-order valence-electron chi connectivity index (χ4n) is 2.91. The zero-order chi connectivity index (χ0) is 25.5. The van der Waals surface area contributed by atoms with Crippen molar-refractivity contribution in [1.82, 2.24) is 5.32 Å². The highest BCUT2D eigenvalue weighted by Crippen LogP contribution is 2.25. The fourth-order valence-corrected chi connectivity index (χ4v) is 3.27. The number of hydrogen-bond acceptors (Lipinski definition) is 6. The van der Waals surface area contributed by atoms with Crippen LogP contribution < -0.4 is 10.6 Å². The predicted octanol–water partition coefficient (Wildman–Crippen LogP) is 4.60. The van der Waals surface area contributed by atoms with E-state index in [1.54, 1.807) is 26.8 Å². The number of halogens is 2. The normalized spacial score (nSPS) is 11.8. The Hall–Kier alpha value is -3.27. The summed E-state index contributed by atoms with van der Waals surface area (Å²) in [5.74, 6) is -2.60. The Bertz CT molecular complexity index is 1080. The van der Waals surface area contributed by atoms with Crippen LogP contribution in [0.25, 0.3) is 0 Å². The van der Waals surface area contributed by atoms with Gasteiger partial charge in [-0.3, -0.25) is 14.4 Å². The van der Waals surface area contributed by atoms with Gasteiger partial charge in [0.15, 0.2) is 5.78 Å². The van der Waals surface area contributed by atoms with Crippen molar-refractivity contribution in [3.05, 3.63) is 63.9 Å². The number of alkyl carbamates (subject to hydrolysis) is 1. The predicted molar refractivity (Wildman–Crippen MR) is 127 cm³/mol. The summed E-state index contributed by atoms with van der Waals surface area (Å²) in [6, 6.07) is 8.84. The maximum Gasteiger partial charge on any atom is 0.408 e. The van der Waals surface area contributed by atoms with Gasteiger partial charge in [0.25, 0.3) is 0 Å². The van der Waals surface area contributed by atoms with E-state index in [9.17, 15) is 23.6 Å². The van der Waals surface area contributed by atoms with Crippen molar-refractivity contribution in [1.29, 1.82) is 0 Å². The van der Waals surface area contributed by atoms with Crippen molar-refractivity contribution in [2.24, 2.45) is 0 Å². The minimum Gasteiger partial charge on any atom is -0.469 e. The number of ether oxygens (including phenoxy) is 2. The standard InChI is InChI=1S/C24H26BrFN2O6/c1-24(2,3)34-23(32)28-19(11-12-20(29)33-4)22(31)27-18-10-9-14(25)13-16(18)21(30)15-7-5-6-8-17(15)26/h5-10,13,19H,11-12H2,1-4H3,(H,27,31)(H,28,32)/t19-/m0/s1. The molecule has 0 aromatic heterocycles. The van der Waals surface area contributed by atoms with Crippen molar-refractivity contribution >= 4 is 45.4 Å². The smallest absolute Gasteiger partial charge is 0.408 e. The van der Waals surface area contributed by atoms with E-state index in [0.717, 1.165) is 6.07 Å². The Labute approximate surface area is 205 Å². The molecular formula is C24H26BrFN2O6. The van der Waals surface area contributed by atoms with Gasteiger partial charge in [-0.05, 0) is 57.5 Å². The van der Waals surface area contributed by atoms with Gasteiger partial charge in [-0.25, -0.2) is 9.18 Å². The second-order valence-corrected chi connectivity index (χ2v) is 9.22. The SMILES string of the molecule is COC(=O)CC[C@H](NC(=O)OC(C)(C)C)C(=O)Nc1ccc(Br)cc1C(=O)c1ccccc1F.